The van der Waals surface area contributed by atoms with E-state index < -0.39 is 5.54 Å². The number of nitrogens with one attached hydrogen (secondary N) is 1. The minimum absolute atomic E-state index is 0.0661. The first-order chi connectivity index (χ1) is 8.55. The summed E-state index contributed by atoms with van der Waals surface area (Å²) in [5.41, 5.74) is -0.681. The van der Waals surface area contributed by atoms with Crippen molar-refractivity contribution < 1.29 is 9.59 Å². The van der Waals surface area contributed by atoms with Gasteiger partial charge >= 0.3 is 6.03 Å². The maximum atomic E-state index is 12.1. The molecule has 1 saturated heterocycles. The molecule has 0 radical (unpaired) electrons. The predicted molar refractivity (Wildman–Crippen MR) is 72.3 cm³/mol. The molecule has 0 saturated carbocycles. The molecule has 1 N–H and O–H groups in total. The van der Waals surface area contributed by atoms with E-state index in [-0.39, 0.29) is 11.9 Å². The Morgan fingerprint density at radius 1 is 1.06 bits per heavy atom. The van der Waals surface area contributed by atoms with E-state index in [0.29, 0.717) is 13.0 Å². The molecule has 1 aliphatic heterocycles. The third-order valence-corrected chi connectivity index (χ3v) is 3.79. The Bertz CT molecular complexity index is 304. The molecule has 1 rings (SSSR count). The Morgan fingerprint density at radius 2 is 1.67 bits per heavy atom. The third-order valence-electron chi connectivity index (χ3n) is 3.79. The van der Waals surface area contributed by atoms with Gasteiger partial charge in [0.1, 0.15) is 5.54 Å². The number of carbonyl (C=O) groups is 2. The van der Waals surface area contributed by atoms with E-state index in [4.69, 9.17) is 0 Å². The van der Waals surface area contributed by atoms with Crippen LogP contribution in [0.5, 0.6) is 0 Å². The number of carbonyl (C=O) groups excluding carboxylic acids is 2. The summed E-state index contributed by atoms with van der Waals surface area (Å²) in [6.07, 6.45) is 7.62. The highest BCUT2D eigenvalue weighted by atomic mass is 16.2. The number of rotatable bonds is 8. The molecule has 0 aliphatic carbocycles. The molecule has 1 aliphatic rings. The second-order valence-corrected chi connectivity index (χ2v) is 5.34. The molecule has 104 valence electrons. The van der Waals surface area contributed by atoms with E-state index in [1.165, 1.54) is 30.6 Å². The summed E-state index contributed by atoms with van der Waals surface area (Å²) in [5, 5.41) is 2.78. The molecule has 1 fully saturated rings. The molecule has 3 amide bonds. The average Bonchev–Trinajstić information content (AvgIpc) is 2.57. The van der Waals surface area contributed by atoms with Crippen LogP contribution in [0.25, 0.3) is 0 Å². The van der Waals surface area contributed by atoms with Gasteiger partial charge in [0.05, 0.1) is 0 Å². The first kappa shape index (κ1) is 15.0. The number of unbranched alkanes of at least 4 members (excludes halogenated alkanes) is 5. The summed E-state index contributed by atoms with van der Waals surface area (Å²) >= 11 is 0. The molecule has 0 aromatic carbocycles. The van der Waals surface area contributed by atoms with Gasteiger partial charge in [0, 0.05) is 6.54 Å². The molecule has 0 spiro atoms. The van der Waals surface area contributed by atoms with E-state index >= 15 is 0 Å². The molecule has 0 aromatic rings. The van der Waals surface area contributed by atoms with Crippen LogP contribution in [-0.2, 0) is 4.79 Å². The molecule has 1 atom stereocenters. The van der Waals surface area contributed by atoms with E-state index in [2.05, 4.69) is 12.2 Å². The van der Waals surface area contributed by atoms with Crippen LogP contribution in [0.4, 0.5) is 4.79 Å². The number of amides is 3. The van der Waals surface area contributed by atoms with Gasteiger partial charge in [-0.1, -0.05) is 46.0 Å². The van der Waals surface area contributed by atoms with Crippen molar-refractivity contribution in [2.45, 2.75) is 71.3 Å². The summed E-state index contributed by atoms with van der Waals surface area (Å²) in [4.78, 5) is 25.2. The van der Waals surface area contributed by atoms with Crippen LogP contribution in [0, 0.1) is 0 Å². The van der Waals surface area contributed by atoms with Gasteiger partial charge in [-0.25, -0.2) is 4.79 Å². The molecule has 18 heavy (non-hydrogen) atoms. The Balaban J connectivity index is 2.30. The lowest BCUT2D eigenvalue weighted by molar-refractivity contribution is -0.130. The van der Waals surface area contributed by atoms with Crippen LogP contribution in [0.3, 0.4) is 0 Å². The lowest BCUT2D eigenvalue weighted by Gasteiger charge is -2.19. The SMILES string of the molecule is CCCCCCCCN1C(=O)N[C@](C)(CC)C1=O. The largest absolute Gasteiger partial charge is 0.325 e. The Morgan fingerprint density at radius 3 is 2.22 bits per heavy atom. The van der Waals surface area contributed by atoms with Gasteiger partial charge in [0.15, 0.2) is 0 Å². The quantitative estimate of drug-likeness (QED) is 0.534. The maximum Gasteiger partial charge on any atom is 0.325 e. The number of hydrogen-bond donors (Lipinski definition) is 1. The molecule has 4 heteroatoms. The average molecular weight is 254 g/mol. The van der Waals surface area contributed by atoms with Gasteiger partial charge in [-0.2, -0.15) is 0 Å². The van der Waals surface area contributed by atoms with Crippen LogP contribution >= 0.6 is 0 Å². The normalized spacial score (nSPS) is 23.6. The minimum Gasteiger partial charge on any atom is -0.323 e. The monoisotopic (exact) mass is 254 g/mol. The predicted octanol–water partition coefficient (Wildman–Crippen LogP) is 3.07. The van der Waals surface area contributed by atoms with Crippen molar-refractivity contribution in [1.82, 2.24) is 10.2 Å². The molecular weight excluding hydrogens is 228 g/mol. The second-order valence-electron chi connectivity index (χ2n) is 5.34. The van der Waals surface area contributed by atoms with E-state index in [0.717, 1.165) is 12.8 Å². The third kappa shape index (κ3) is 3.47. The van der Waals surface area contributed by atoms with Crippen molar-refractivity contribution in [3.63, 3.8) is 0 Å². The summed E-state index contributed by atoms with van der Waals surface area (Å²) in [6.45, 7) is 6.48. The molecule has 1 heterocycles. The zero-order valence-corrected chi connectivity index (χ0v) is 11.9. The number of urea groups is 1. The van der Waals surface area contributed by atoms with Crippen molar-refractivity contribution in [2.24, 2.45) is 0 Å². The van der Waals surface area contributed by atoms with E-state index in [9.17, 15) is 9.59 Å². The van der Waals surface area contributed by atoms with Crippen molar-refractivity contribution >= 4 is 11.9 Å². The van der Waals surface area contributed by atoms with Crippen LogP contribution in [0.2, 0.25) is 0 Å². The zero-order chi connectivity index (χ0) is 13.6. The lowest BCUT2D eigenvalue weighted by Crippen LogP contribution is -2.43. The molecular formula is C14H26N2O2. The van der Waals surface area contributed by atoms with Gasteiger partial charge in [0.25, 0.3) is 5.91 Å². The molecule has 0 bridgehead atoms. The topological polar surface area (TPSA) is 49.4 Å². The highest BCUT2D eigenvalue weighted by Gasteiger charge is 2.45. The lowest BCUT2D eigenvalue weighted by atomic mass is 9.99. The fourth-order valence-electron chi connectivity index (χ4n) is 2.24. The Kier molecular flexibility index (Phi) is 5.63. The minimum atomic E-state index is -0.681. The zero-order valence-electron chi connectivity index (χ0n) is 11.9. The summed E-state index contributed by atoms with van der Waals surface area (Å²) in [7, 11) is 0. The number of imide groups is 1. The first-order valence-electron chi connectivity index (χ1n) is 7.19. The van der Waals surface area contributed by atoms with Crippen LogP contribution in [0.1, 0.15) is 65.7 Å². The van der Waals surface area contributed by atoms with E-state index in [1.807, 2.05) is 6.92 Å². The maximum absolute atomic E-state index is 12.1. The van der Waals surface area contributed by atoms with Gasteiger partial charge < -0.3 is 5.32 Å². The second kappa shape index (κ2) is 6.76. The van der Waals surface area contributed by atoms with Gasteiger partial charge in [-0.15, -0.1) is 0 Å². The van der Waals surface area contributed by atoms with Gasteiger partial charge in [-0.3, -0.25) is 9.69 Å². The summed E-state index contributed by atoms with van der Waals surface area (Å²) in [6, 6.07) is -0.224. The van der Waals surface area contributed by atoms with Crippen LogP contribution in [0.15, 0.2) is 0 Å². The van der Waals surface area contributed by atoms with Gasteiger partial charge in [0.2, 0.25) is 0 Å². The highest BCUT2D eigenvalue weighted by Crippen LogP contribution is 2.21. The van der Waals surface area contributed by atoms with Crippen LogP contribution < -0.4 is 5.32 Å². The van der Waals surface area contributed by atoms with E-state index in [1.54, 1.807) is 6.92 Å². The number of nitrogens with zero attached hydrogens (tertiary/aromatic N) is 1. The summed E-state index contributed by atoms with van der Waals surface area (Å²) < 4.78 is 0. The fraction of sp³-hybridized carbons (Fsp3) is 0.857. The highest BCUT2D eigenvalue weighted by molar-refractivity contribution is 6.06. The molecule has 0 unspecified atom stereocenters. The van der Waals surface area contributed by atoms with Crippen LogP contribution in [-0.4, -0.2) is 28.9 Å². The van der Waals surface area contributed by atoms with Crippen molar-refractivity contribution in [1.29, 1.82) is 0 Å². The van der Waals surface area contributed by atoms with Crippen molar-refractivity contribution in [3.8, 4) is 0 Å². The number of hydrogen-bond acceptors (Lipinski definition) is 2. The Labute approximate surface area is 110 Å². The Hall–Kier alpha value is -1.06. The van der Waals surface area contributed by atoms with Gasteiger partial charge in [-0.05, 0) is 19.8 Å². The smallest absolute Gasteiger partial charge is 0.323 e. The van der Waals surface area contributed by atoms with Crippen molar-refractivity contribution in [2.75, 3.05) is 6.54 Å². The van der Waals surface area contributed by atoms with Crippen molar-refractivity contribution in [3.05, 3.63) is 0 Å². The first-order valence-corrected chi connectivity index (χ1v) is 7.19. The standard InChI is InChI=1S/C14H26N2O2/c1-4-6-7-8-9-10-11-16-12(17)14(3,5-2)15-13(16)18/h4-11H2,1-3H3,(H,15,18)/t14-/m1/s1. The summed E-state index contributed by atoms with van der Waals surface area (Å²) in [5.74, 6) is -0.0661. The molecule has 0 aromatic heterocycles. The molecule has 4 nitrogen and oxygen atoms in total. The fourth-order valence-corrected chi connectivity index (χ4v) is 2.24.